The summed E-state index contributed by atoms with van der Waals surface area (Å²) in [5, 5.41) is 2.43. The van der Waals surface area contributed by atoms with Crippen molar-refractivity contribution in [3.8, 4) is 11.1 Å². The van der Waals surface area contributed by atoms with Crippen LogP contribution >= 0.6 is 0 Å². The maximum absolute atomic E-state index is 5.84. The highest BCUT2D eigenvalue weighted by Gasteiger charge is 2.36. The van der Waals surface area contributed by atoms with Gasteiger partial charge in [0.15, 0.2) is 0 Å². The lowest BCUT2D eigenvalue weighted by molar-refractivity contribution is 0.332. The smallest absolute Gasteiger partial charge is 0.0314 e. The van der Waals surface area contributed by atoms with Gasteiger partial charge in [0.2, 0.25) is 0 Å². The molecule has 3 aromatic carbocycles. The van der Waals surface area contributed by atoms with Crippen LogP contribution in [0.15, 0.2) is 61.2 Å². The molecule has 1 heteroatoms. The van der Waals surface area contributed by atoms with Gasteiger partial charge in [-0.15, -0.1) is 0 Å². The maximum atomic E-state index is 5.84. The molecule has 27 heavy (non-hydrogen) atoms. The first-order valence-electron chi connectivity index (χ1n) is 9.81. The van der Waals surface area contributed by atoms with Gasteiger partial charge in [-0.25, -0.2) is 0 Å². The molecule has 0 aliphatic heterocycles. The first-order valence-corrected chi connectivity index (χ1v) is 9.81. The second-order valence-electron chi connectivity index (χ2n) is 9.33. The van der Waals surface area contributed by atoms with Crippen molar-refractivity contribution in [1.29, 1.82) is 0 Å². The third-order valence-corrected chi connectivity index (χ3v) is 6.40. The highest BCUT2D eigenvalue weighted by atomic mass is 14.6. The fourth-order valence-electron chi connectivity index (χ4n) is 4.39. The minimum Gasteiger partial charge on any atom is -0.399 e. The van der Waals surface area contributed by atoms with Gasteiger partial charge in [0.25, 0.3) is 0 Å². The fourth-order valence-corrected chi connectivity index (χ4v) is 4.39. The summed E-state index contributed by atoms with van der Waals surface area (Å²) in [5.41, 5.74) is 13.5. The van der Waals surface area contributed by atoms with Crippen LogP contribution in [0.3, 0.4) is 0 Å². The van der Waals surface area contributed by atoms with Crippen molar-refractivity contribution < 1.29 is 0 Å². The molecule has 0 fully saturated rings. The molecule has 0 amide bonds. The van der Waals surface area contributed by atoms with Crippen molar-refractivity contribution in [1.82, 2.24) is 0 Å². The van der Waals surface area contributed by atoms with Crippen LogP contribution < -0.4 is 5.73 Å². The number of hydrogen-bond donors (Lipinski definition) is 1. The lowest BCUT2D eigenvalue weighted by atomic mass is 9.63. The van der Waals surface area contributed by atoms with Gasteiger partial charge in [0, 0.05) is 5.70 Å². The monoisotopic (exact) mass is 355 g/mol. The molecular weight excluding hydrogens is 326 g/mol. The summed E-state index contributed by atoms with van der Waals surface area (Å²) in [7, 11) is 0. The fraction of sp³-hybridized carbons (Fsp3) is 0.308. The van der Waals surface area contributed by atoms with Crippen LogP contribution in [-0.2, 0) is 10.8 Å². The largest absolute Gasteiger partial charge is 0.399 e. The maximum Gasteiger partial charge on any atom is 0.0314 e. The Morgan fingerprint density at radius 2 is 1.30 bits per heavy atom. The first-order chi connectivity index (χ1) is 12.7. The van der Waals surface area contributed by atoms with Gasteiger partial charge in [-0.3, -0.25) is 0 Å². The second-order valence-corrected chi connectivity index (χ2v) is 9.33. The van der Waals surface area contributed by atoms with Gasteiger partial charge < -0.3 is 5.73 Å². The molecule has 0 heterocycles. The van der Waals surface area contributed by atoms with Crippen molar-refractivity contribution in [2.45, 2.75) is 51.4 Å². The summed E-state index contributed by atoms with van der Waals surface area (Å²) in [6.07, 6.45) is 2.48. The van der Waals surface area contributed by atoms with E-state index in [0.29, 0.717) is 5.70 Å². The van der Waals surface area contributed by atoms with E-state index in [0.717, 1.165) is 5.56 Å². The quantitative estimate of drug-likeness (QED) is 0.538. The third-order valence-electron chi connectivity index (χ3n) is 6.40. The van der Waals surface area contributed by atoms with Gasteiger partial charge in [0.05, 0.1) is 0 Å². The lowest BCUT2D eigenvalue weighted by Gasteiger charge is -2.42. The Morgan fingerprint density at radius 1 is 0.741 bits per heavy atom. The van der Waals surface area contributed by atoms with Crippen LogP contribution in [-0.4, -0.2) is 0 Å². The lowest BCUT2D eigenvalue weighted by Crippen LogP contribution is -2.33. The van der Waals surface area contributed by atoms with Crippen molar-refractivity contribution in [2.24, 2.45) is 5.73 Å². The Bertz CT molecular complexity index is 1050. The molecule has 3 aromatic rings. The average Bonchev–Trinajstić information content (AvgIpc) is 2.64. The molecule has 0 bridgehead atoms. The van der Waals surface area contributed by atoms with Gasteiger partial charge >= 0.3 is 0 Å². The molecule has 138 valence electrons. The number of rotatable bonds is 2. The molecule has 0 aromatic heterocycles. The Morgan fingerprint density at radius 3 is 2.00 bits per heavy atom. The summed E-state index contributed by atoms with van der Waals surface area (Å²) in [6.45, 7) is 13.4. The predicted molar refractivity (Wildman–Crippen MR) is 118 cm³/mol. The summed E-state index contributed by atoms with van der Waals surface area (Å²) in [5.74, 6) is 0. The zero-order valence-corrected chi connectivity index (χ0v) is 16.9. The van der Waals surface area contributed by atoms with E-state index < -0.39 is 0 Å². The molecular formula is C26H29N. The molecule has 0 saturated carbocycles. The number of fused-ring (bicyclic) bond motifs is 2. The highest BCUT2D eigenvalue weighted by molar-refractivity contribution is 5.89. The van der Waals surface area contributed by atoms with Crippen LogP contribution in [0.4, 0.5) is 0 Å². The minimum atomic E-state index is 0.230. The molecule has 2 N–H and O–H groups in total. The zero-order chi connectivity index (χ0) is 19.4. The van der Waals surface area contributed by atoms with E-state index in [2.05, 4.69) is 82.8 Å². The first kappa shape index (κ1) is 17.9. The normalized spacial score (nSPS) is 17.5. The molecule has 0 spiro atoms. The van der Waals surface area contributed by atoms with Crippen molar-refractivity contribution in [3.05, 3.63) is 77.9 Å². The molecule has 0 radical (unpaired) electrons. The summed E-state index contributed by atoms with van der Waals surface area (Å²) >= 11 is 0. The molecule has 1 aliphatic rings. The summed E-state index contributed by atoms with van der Waals surface area (Å²) in [4.78, 5) is 0. The summed E-state index contributed by atoms with van der Waals surface area (Å²) < 4.78 is 0. The topological polar surface area (TPSA) is 26.0 Å². The van der Waals surface area contributed by atoms with Gasteiger partial charge in [-0.2, -0.15) is 0 Å². The van der Waals surface area contributed by atoms with E-state index in [1.54, 1.807) is 0 Å². The van der Waals surface area contributed by atoms with Crippen molar-refractivity contribution >= 4 is 16.5 Å². The Kier molecular flexibility index (Phi) is 3.96. The zero-order valence-electron chi connectivity index (χ0n) is 16.9. The van der Waals surface area contributed by atoms with E-state index in [9.17, 15) is 0 Å². The standard InChI is InChI=1S/C26H29N/c1-17(27)18-6-7-20-15-21(9-8-19(20)14-18)22-10-11-23-24(16-22)26(4,5)13-12-25(23,2)3/h6-11,14-16H,1,12-13,27H2,2-5H3. The van der Waals surface area contributed by atoms with E-state index in [1.165, 1.54) is 45.9 Å². The summed E-state index contributed by atoms with van der Waals surface area (Å²) in [6, 6.07) is 20.1. The second kappa shape index (κ2) is 5.99. The van der Waals surface area contributed by atoms with E-state index >= 15 is 0 Å². The van der Waals surface area contributed by atoms with Gasteiger partial charge in [-0.05, 0) is 74.4 Å². The number of hydrogen-bond acceptors (Lipinski definition) is 1. The molecule has 0 atom stereocenters. The van der Waals surface area contributed by atoms with E-state index in [1.807, 2.05) is 6.07 Å². The average molecular weight is 356 g/mol. The molecule has 0 unspecified atom stereocenters. The highest BCUT2D eigenvalue weighted by Crippen LogP contribution is 2.46. The third kappa shape index (κ3) is 3.06. The van der Waals surface area contributed by atoms with Crippen LogP contribution in [0, 0.1) is 0 Å². The van der Waals surface area contributed by atoms with Crippen molar-refractivity contribution in [3.63, 3.8) is 0 Å². The van der Waals surface area contributed by atoms with Gasteiger partial charge in [-0.1, -0.05) is 76.7 Å². The van der Waals surface area contributed by atoms with Crippen molar-refractivity contribution in [2.75, 3.05) is 0 Å². The molecule has 1 aliphatic carbocycles. The van der Waals surface area contributed by atoms with E-state index in [4.69, 9.17) is 5.73 Å². The Balaban J connectivity index is 1.82. The molecule has 4 rings (SSSR count). The SMILES string of the molecule is C=C(N)c1ccc2cc(-c3ccc4c(c3)C(C)(C)CCC4(C)C)ccc2c1. The number of benzene rings is 3. The van der Waals surface area contributed by atoms with Crippen LogP contribution in [0.2, 0.25) is 0 Å². The van der Waals surface area contributed by atoms with E-state index in [-0.39, 0.29) is 10.8 Å². The van der Waals surface area contributed by atoms with Gasteiger partial charge in [0.1, 0.15) is 0 Å². The molecule has 0 saturated heterocycles. The van der Waals surface area contributed by atoms with Crippen LogP contribution in [0.1, 0.15) is 57.2 Å². The predicted octanol–water partition coefficient (Wildman–Crippen LogP) is 6.79. The van der Waals surface area contributed by atoms with Crippen LogP contribution in [0.25, 0.3) is 27.6 Å². The molecule has 1 nitrogen and oxygen atoms in total. The minimum absolute atomic E-state index is 0.230. The Hall–Kier alpha value is -2.54. The number of nitrogens with two attached hydrogens (primary N) is 1. The van der Waals surface area contributed by atoms with Crippen LogP contribution in [0.5, 0.6) is 0 Å². The Labute approximate surface area is 162 Å².